The molecule has 11 heteroatoms. The van der Waals surface area contributed by atoms with E-state index in [1.54, 1.807) is 24.3 Å². The van der Waals surface area contributed by atoms with Gasteiger partial charge >= 0.3 is 5.97 Å². The number of carbonyl (C=O) groups excluding carboxylic acids is 2. The number of amidine groups is 1. The van der Waals surface area contributed by atoms with E-state index >= 15 is 0 Å². The summed E-state index contributed by atoms with van der Waals surface area (Å²) in [6, 6.07) is 8.57. The molecule has 1 saturated heterocycles. The molecule has 0 aliphatic carbocycles. The monoisotopic (exact) mass is 443 g/mol. The van der Waals surface area contributed by atoms with Crippen molar-refractivity contribution in [1.82, 2.24) is 4.90 Å². The zero-order valence-corrected chi connectivity index (χ0v) is 17.5. The predicted molar refractivity (Wildman–Crippen MR) is 115 cm³/mol. The van der Waals surface area contributed by atoms with E-state index in [2.05, 4.69) is 9.73 Å². The summed E-state index contributed by atoms with van der Waals surface area (Å²) in [6.45, 7) is 0. The third kappa shape index (κ3) is 4.51. The lowest BCUT2D eigenvalue weighted by Crippen LogP contribution is -2.23. The number of likely N-dealkylation sites (N-methyl/N-ethyl adjacent to an activating group) is 1. The molecule has 1 heterocycles. The Balaban J connectivity index is 1.94. The van der Waals surface area contributed by atoms with Crippen LogP contribution in [0.2, 0.25) is 0 Å². The van der Waals surface area contributed by atoms with Gasteiger partial charge in [0.25, 0.3) is 11.6 Å². The molecular weight excluding hydrogens is 426 g/mol. The van der Waals surface area contributed by atoms with Crippen molar-refractivity contribution in [3.8, 4) is 11.5 Å². The van der Waals surface area contributed by atoms with Crippen LogP contribution in [-0.2, 0) is 9.53 Å². The van der Waals surface area contributed by atoms with Gasteiger partial charge in [0.05, 0.1) is 41.4 Å². The number of aliphatic imine (C=N–C) groups is 1. The number of amides is 1. The first-order valence-electron chi connectivity index (χ1n) is 8.75. The van der Waals surface area contributed by atoms with E-state index < -0.39 is 10.9 Å². The summed E-state index contributed by atoms with van der Waals surface area (Å²) >= 11 is 1.04. The molecule has 1 aliphatic heterocycles. The van der Waals surface area contributed by atoms with Crippen LogP contribution in [0, 0.1) is 10.1 Å². The molecule has 2 aromatic carbocycles. The fraction of sp³-hybridized carbons (Fsp3) is 0.150. The number of nitrogens with zero attached hydrogens (tertiary/aromatic N) is 3. The summed E-state index contributed by atoms with van der Waals surface area (Å²) in [4.78, 5) is 40.6. The molecule has 10 nitrogen and oxygen atoms in total. The summed E-state index contributed by atoms with van der Waals surface area (Å²) in [5.74, 6) is -1.26. The number of methoxy groups -OCH3 is 2. The molecule has 160 valence electrons. The summed E-state index contributed by atoms with van der Waals surface area (Å²) < 4.78 is 9.63. The van der Waals surface area contributed by atoms with Gasteiger partial charge in [-0.3, -0.25) is 19.8 Å². The Bertz CT molecular complexity index is 1130. The maximum absolute atomic E-state index is 12.6. The van der Waals surface area contributed by atoms with Gasteiger partial charge in [0.1, 0.15) is 0 Å². The zero-order chi connectivity index (χ0) is 22.7. The van der Waals surface area contributed by atoms with Crippen LogP contribution in [0.3, 0.4) is 0 Å². The first-order valence-corrected chi connectivity index (χ1v) is 9.57. The predicted octanol–water partition coefficient (Wildman–Crippen LogP) is 3.33. The van der Waals surface area contributed by atoms with Gasteiger partial charge in [0.2, 0.25) is 0 Å². The van der Waals surface area contributed by atoms with Crippen molar-refractivity contribution < 1.29 is 29.1 Å². The summed E-state index contributed by atoms with van der Waals surface area (Å²) in [5, 5.41) is 21.8. The Kier molecular flexibility index (Phi) is 6.25. The molecule has 31 heavy (non-hydrogen) atoms. The third-order valence-corrected chi connectivity index (χ3v) is 5.38. The summed E-state index contributed by atoms with van der Waals surface area (Å²) in [7, 11) is 4.09. The molecule has 0 spiro atoms. The molecule has 0 saturated carbocycles. The number of ether oxygens (including phenoxy) is 2. The van der Waals surface area contributed by atoms with Gasteiger partial charge in [-0.05, 0) is 42.1 Å². The minimum atomic E-state index is -0.620. The number of esters is 1. The zero-order valence-electron chi connectivity index (χ0n) is 16.7. The molecule has 0 aromatic heterocycles. The van der Waals surface area contributed by atoms with E-state index in [-0.39, 0.29) is 33.6 Å². The first kappa shape index (κ1) is 21.8. The summed E-state index contributed by atoms with van der Waals surface area (Å²) in [5.41, 5.74) is 0.658. The van der Waals surface area contributed by atoms with Crippen molar-refractivity contribution in [1.29, 1.82) is 0 Å². The first-order chi connectivity index (χ1) is 14.7. The minimum absolute atomic E-state index is 0.0685. The molecule has 1 amide bonds. The molecule has 1 N–H and O–H groups in total. The van der Waals surface area contributed by atoms with E-state index in [1.165, 1.54) is 32.2 Å². The highest BCUT2D eigenvalue weighted by Gasteiger charge is 2.31. The van der Waals surface area contributed by atoms with Gasteiger partial charge in [-0.25, -0.2) is 9.79 Å². The third-order valence-electron chi connectivity index (χ3n) is 4.32. The van der Waals surface area contributed by atoms with Crippen molar-refractivity contribution in [3.63, 3.8) is 0 Å². The molecule has 3 rings (SSSR count). The Morgan fingerprint density at radius 3 is 2.52 bits per heavy atom. The van der Waals surface area contributed by atoms with Gasteiger partial charge in [-0.15, -0.1) is 0 Å². The smallest absolute Gasteiger partial charge is 0.337 e. The number of phenols is 1. The largest absolute Gasteiger partial charge is 0.504 e. The van der Waals surface area contributed by atoms with Crippen LogP contribution in [0.4, 0.5) is 11.4 Å². The van der Waals surface area contributed by atoms with Gasteiger partial charge in [-0.2, -0.15) is 0 Å². The number of aromatic hydroxyl groups is 1. The van der Waals surface area contributed by atoms with Crippen LogP contribution < -0.4 is 4.74 Å². The highest BCUT2D eigenvalue weighted by Crippen LogP contribution is 2.39. The Labute approximate surface area is 180 Å². The van der Waals surface area contributed by atoms with Crippen molar-refractivity contribution >= 4 is 46.3 Å². The quantitative estimate of drug-likeness (QED) is 0.322. The van der Waals surface area contributed by atoms with Crippen LogP contribution in [0.1, 0.15) is 15.9 Å². The average molecular weight is 443 g/mol. The fourth-order valence-corrected chi connectivity index (χ4v) is 3.66. The van der Waals surface area contributed by atoms with Crippen LogP contribution in [0.5, 0.6) is 11.5 Å². The van der Waals surface area contributed by atoms with E-state index in [9.17, 15) is 24.8 Å². The second-order valence-electron chi connectivity index (χ2n) is 6.25. The molecular formula is C20H17N3O7S. The van der Waals surface area contributed by atoms with E-state index in [1.807, 2.05) is 0 Å². The number of hydrogen-bond acceptors (Lipinski definition) is 9. The van der Waals surface area contributed by atoms with Gasteiger partial charge in [0.15, 0.2) is 16.7 Å². The SMILES string of the molecule is COC(=O)c1ccc(N=C2S/C(=C\c3cc([N+](=O)[O-])cc(OC)c3O)C(=O)N2C)cc1. The molecule has 0 unspecified atom stereocenters. The van der Waals surface area contributed by atoms with E-state index in [0.717, 1.165) is 23.9 Å². The maximum atomic E-state index is 12.6. The van der Waals surface area contributed by atoms with Crippen LogP contribution in [0.15, 0.2) is 46.3 Å². The molecule has 1 fully saturated rings. The Hall–Kier alpha value is -3.86. The number of thioether (sulfide) groups is 1. The number of benzene rings is 2. The topological polar surface area (TPSA) is 132 Å². The number of nitro groups is 1. The van der Waals surface area contributed by atoms with Crippen LogP contribution in [0.25, 0.3) is 6.08 Å². The number of phenolic OH excluding ortho intramolecular Hbond substituents is 1. The maximum Gasteiger partial charge on any atom is 0.337 e. The minimum Gasteiger partial charge on any atom is -0.504 e. The standard InChI is InChI=1S/C20H17N3O7S/c1-22-18(25)16(9-12-8-14(23(27)28)10-15(29-2)17(12)24)31-20(22)21-13-6-4-11(5-7-13)19(26)30-3/h4-10,24H,1-3H3/b16-9-,21-20?. The second kappa shape index (κ2) is 8.88. The second-order valence-corrected chi connectivity index (χ2v) is 7.26. The average Bonchev–Trinajstić information content (AvgIpc) is 3.02. The van der Waals surface area contributed by atoms with Gasteiger partial charge in [0, 0.05) is 18.7 Å². The lowest BCUT2D eigenvalue weighted by molar-refractivity contribution is -0.385. The molecule has 0 atom stereocenters. The number of carbonyl (C=O) groups is 2. The van der Waals surface area contributed by atoms with E-state index in [4.69, 9.17) is 4.74 Å². The molecule has 0 bridgehead atoms. The van der Waals surface area contributed by atoms with Gasteiger partial charge in [-0.1, -0.05) is 0 Å². The van der Waals surface area contributed by atoms with Crippen molar-refractivity contribution in [2.45, 2.75) is 0 Å². The van der Waals surface area contributed by atoms with E-state index in [0.29, 0.717) is 16.4 Å². The normalized spacial score (nSPS) is 16.1. The summed E-state index contributed by atoms with van der Waals surface area (Å²) in [6.07, 6.45) is 1.34. The molecule has 0 radical (unpaired) electrons. The van der Waals surface area contributed by atoms with Gasteiger partial charge < -0.3 is 14.6 Å². The molecule has 1 aliphatic rings. The Morgan fingerprint density at radius 2 is 1.94 bits per heavy atom. The van der Waals surface area contributed by atoms with Crippen molar-refractivity contribution in [2.24, 2.45) is 4.99 Å². The molecule has 2 aromatic rings. The lowest BCUT2D eigenvalue weighted by atomic mass is 10.1. The fourth-order valence-electron chi connectivity index (χ4n) is 2.68. The highest BCUT2D eigenvalue weighted by molar-refractivity contribution is 8.18. The van der Waals surface area contributed by atoms with Crippen molar-refractivity contribution in [3.05, 3.63) is 62.5 Å². The number of non-ortho nitro benzene ring substituents is 1. The van der Waals surface area contributed by atoms with Crippen molar-refractivity contribution in [2.75, 3.05) is 21.3 Å². The number of rotatable bonds is 5. The van der Waals surface area contributed by atoms with Crippen LogP contribution >= 0.6 is 11.8 Å². The number of hydrogen-bond donors (Lipinski definition) is 1. The lowest BCUT2D eigenvalue weighted by Gasteiger charge is -2.07. The Morgan fingerprint density at radius 1 is 1.26 bits per heavy atom. The van der Waals surface area contributed by atoms with Crippen LogP contribution in [-0.4, -0.2) is 53.2 Å². The highest BCUT2D eigenvalue weighted by atomic mass is 32.2. The number of nitro benzene ring substituents is 1.